The summed E-state index contributed by atoms with van der Waals surface area (Å²) >= 11 is 0. The highest BCUT2D eigenvalue weighted by atomic mass is 16.5. The minimum Gasteiger partial charge on any atom is -0.495 e. The fraction of sp³-hybridized carbons (Fsp3) is 0.533. The van der Waals surface area contributed by atoms with E-state index in [4.69, 9.17) is 10.5 Å². The lowest BCUT2D eigenvalue weighted by Crippen LogP contribution is -2.40. The molecule has 110 valence electrons. The van der Waals surface area contributed by atoms with Crippen LogP contribution in [0.5, 0.6) is 5.75 Å². The van der Waals surface area contributed by atoms with Gasteiger partial charge in [0.1, 0.15) is 5.75 Å². The summed E-state index contributed by atoms with van der Waals surface area (Å²) in [6.45, 7) is 5.02. The maximum absolute atomic E-state index is 12.1. The summed E-state index contributed by atoms with van der Waals surface area (Å²) in [4.78, 5) is 14.6. The number of rotatable bonds is 5. The number of nitrogens with zero attached hydrogens (tertiary/aromatic N) is 1. The largest absolute Gasteiger partial charge is 0.495 e. The van der Waals surface area contributed by atoms with Crippen LogP contribution in [0, 0.1) is 0 Å². The molecular weight excluding hydrogens is 254 g/mol. The minimum atomic E-state index is -0.0775. The molecule has 2 rings (SSSR count). The van der Waals surface area contributed by atoms with Crippen molar-refractivity contribution in [3.63, 3.8) is 0 Å². The second-order valence-electron chi connectivity index (χ2n) is 5.09. The Labute approximate surface area is 120 Å². The standard InChI is InChI=1S/C15H23N3O2/c1-3-18-8-4-5-12(18)10-17-15(19)11-6-7-13(16)14(9-11)20-2/h6-7,9,12H,3-5,8,10,16H2,1-2H3,(H,17,19). The van der Waals surface area contributed by atoms with Crippen molar-refractivity contribution >= 4 is 11.6 Å². The van der Waals surface area contributed by atoms with Crippen LogP contribution in [-0.2, 0) is 0 Å². The van der Waals surface area contributed by atoms with Crippen molar-refractivity contribution in [1.29, 1.82) is 0 Å². The van der Waals surface area contributed by atoms with Crippen LogP contribution >= 0.6 is 0 Å². The SMILES string of the molecule is CCN1CCCC1CNC(=O)c1ccc(N)c(OC)c1. The summed E-state index contributed by atoms with van der Waals surface area (Å²) in [7, 11) is 1.55. The summed E-state index contributed by atoms with van der Waals surface area (Å²) in [6.07, 6.45) is 2.36. The second kappa shape index (κ2) is 6.61. The number of amides is 1. The molecule has 20 heavy (non-hydrogen) atoms. The summed E-state index contributed by atoms with van der Waals surface area (Å²) in [6, 6.07) is 5.55. The average Bonchev–Trinajstić information content (AvgIpc) is 2.92. The average molecular weight is 277 g/mol. The fourth-order valence-corrected chi connectivity index (χ4v) is 2.71. The predicted octanol–water partition coefficient (Wildman–Crippen LogP) is 1.49. The van der Waals surface area contributed by atoms with Crippen LogP contribution in [0.1, 0.15) is 30.1 Å². The van der Waals surface area contributed by atoms with E-state index < -0.39 is 0 Å². The number of nitrogens with two attached hydrogens (primary N) is 1. The zero-order valence-electron chi connectivity index (χ0n) is 12.2. The Morgan fingerprint density at radius 2 is 2.35 bits per heavy atom. The van der Waals surface area contributed by atoms with Gasteiger partial charge in [-0.3, -0.25) is 9.69 Å². The number of carbonyl (C=O) groups excluding carboxylic acids is 1. The van der Waals surface area contributed by atoms with Gasteiger partial charge in [-0.2, -0.15) is 0 Å². The van der Waals surface area contributed by atoms with Gasteiger partial charge in [-0.05, 0) is 44.1 Å². The van der Waals surface area contributed by atoms with Gasteiger partial charge in [-0.25, -0.2) is 0 Å². The van der Waals surface area contributed by atoms with Crippen molar-refractivity contribution in [2.24, 2.45) is 0 Å². The van der Waals surface area contributed by atoms with Crippen LogP contribution in [-0.4, -0.2) is 43.6 Å². The maximum atomic E-state index is 12.1. The molecule has 5 nitrogen and oxygen atoms in total. The van der Waals surface area contributed by atoms with Gasteiger partial charge in [0.05, 0.1) is 12.8 Å². The minimum absolute atomic E-state index is 0.0775. The molecule has 1 atom stereocenters. The number of likely N-dealkylation sites (N-methyl/N-ethyl adjacent to an activating group) is 1. The van der Waals surface area contributed by atoms with E-state index in [0.717, 1.165) is 19.5 Å². The van der Waals surface area contributed by atoms with Crippen molar-refractivity contribution in [1.82, 2.24) is 10.2 Å². The molecule has 0 saturated carbocycles. The number of anilines is 1. The number of nitrogens with one attached hydrogen (secondary N) is 1. The molecule has 0 bridgehead atoms. The first-order valence-corrected chi connectivity index (χ1v) is 7.11. The third kappa shape index (κ3) is 3.22. The van der Waals surface area contributed by atoms with E-state index >= 15 is 0 Å². The van der Waals surface area contributed by atoms with Gasteiger partial charge in [0.15, 0.2) is 0 Å². The van der Waals surface area contributed by atoms with Crippen molar-refractivity contribution in [2.75, 3.05) is 32.5 Å². The van der Waals surface area contributed by atoms with Gasteiger partial charge in [-0.1, -0.05) is 6.92 Å². The third-order valence-electron chi connectivity index (χ3n) is 3.90. The molecule has 1 heterocycles. The first kappa shape index (κ1) is 14.7. The zero-order valence-corrected chi connectivity index (χ0v) is 12.2. The second-order valence-corrected chi connectivity index (χ2v) is 5.09. The Balaban J connectivity index is 1.95. The molecule has 1 saturated heterocycles. The molecule has 3 N–H and O–H groups in total. The van der Waals surface area contributed by atoms with Crippen LogP contribution in [0.3, 0.4) is 0 Å². The number of hydrogen-bond acceptors (Lipinski definition) is 4. The Bertz CT molecular complexity index is 476. The maximum Gasteiger partial charge on any atom is 0.251 e. The van der Waals surface area contributed by atoms with Gasteiger partial charge in [0, 0.05) is 18.2 Å². The molecule has 0 radical (unpaired) electrons. The molecule has 1 fully saturated rings. The Morgan fingerprint density at radius 3 is 3.05 bits per heavy atom. The molecule has 1 aromatic rings. The topological polar surface area (TPSA) is 67.6 Å². The van der Waals surface area contributed by atoms with E-state index in [1.54, 1.807) is 25.3 Å². The highest BCUT2D eigenvalue weighted by molar-refractivity contribution is 5.95. The number of ether oxygens (including phenoxy) is 1. The van der Waals surface area contributed by atoms with Crippen LogP contribution < -0.4 is 15.8 Å². The molecule has 0 spiro atoms. The van der Waals surface area contributed by atoms with Gasteiger partial charge in [0.2, 0.25) is 0 Å². The number of methoxy groups -OCH3 is 1. The third-order valence-corrected chi connectivity index (χ3v) is 3.90. The van der Waals surface area contributed by atoms with E-state index in [2.05, 4.69) is 17.1 Å². The summed E-state index contributed by atoms with van der Waals surface area (Å²) in [5.74, 6) is 0.458. The van der Waals surface area contributed by atoms with Gasteiger partial charge < -0.3 is 15.8 Å². The summed E-state index contributed by atoms with van der Waals surface area (Å²) in [5.41, 5.74) is 6.87. The van der Waals surface area contributed by atoms with Crippen LogP contribution in [0.2, 0.25) is 0 Å². The Hall–Kier alpha value is -1.75. The molecule has 1 aromatic carbocycles. The predicted molar refractivity (Wildman–Crippen MR) is 80.0 cm³/mol. The normalized spacial score (nSPS) is 19.0. The van der Waals surface area contributed by atoms with Crippen molar-refractivity contribution in [2.45, 2.75) is 25.8 Å². The van der Waals surface area contributed by atoms with Crippen molar-refractivity contribution < 1.29 is 9.53 Å². The molecule has 0 aromatic heterocycles. The molecule has 1 aliphatic heterocycles. The fourth-order valence-electron chi connectivity index (χ4n) is 2.71. The lowest BCUT2D eigenvalue weighted by Gasteiger charge is -2.22. The first-order valence-electron chi connectivity index (χ1n) is 7.11. The lowest BCUT2D eigenvalue weighted by molar-refractivity contribution is 0.0941. The van der Waals surface area contributed by atoms with Crippen LogP contribution in [0.15, 0.2) is 18.2 Å². The quantitative estimate of drug-likeness (QED) is 0.800. The molecule has 0 aliphatic carbocycles. The van der Waals surface area contributed by atoms with Gasteiger partial charge in [-0.15, -0.1) is 0 Å². The number of likely N-dealkylation sites (tertiary alicyclic amines) is 1. The van der Waals surface area contributed by atoms with Gasteiger partial charge >= 0.3 is 0 Å². The first-order chi connectivity index (χ1) is 9.65. The number of hydrogen-bond donors (Lipinski definition) is 2. The van der Waals surface area contributed by atoms with E-state index in [1.807, 2.05) is 0 Å². The van der Waals surface area contributed by atoms with E-state index in [-0.39, 0.29) is 5.91 Å². The van der Waals surface area contributed by atoms with E-state index in [1.165, 1.54) is 6.42 Å². The summed E-state index contributed by atoms with van der Waals surface area (Å²) < 4.78 is 5.13. The monoisotopic (exact) mass is 277 g/mol. The van der Waals surface area contributed by atoms with E-state index in [0.29, 0.717) is 29.6 Å². The number of carbonyl (C=O) groups is 1. The highest BCUT2D eigenvalue weighted by Gasteiger charge is 2.23. The number of nitrogen functional groups attached to an aromatic ring is 1. The molecule has 1 unspecified atom stereocenters. The lowest BCUT2D eigenvalue weighted by atomic mass is 10.1. The Morgan fingerprint density at radius 1 is 1.55 bits per heavy atom. The number of benzene rings is 1. The Kier molecular flexibility index (Phi) is 4.84. The molecular formula is C15H23N3O2. The molecule has 1 aliphatic rings. The van der Waals surface area contributed by atoms with Crippen LogP contribution in [0.4, 0.5) is 5.69 Å². The van der Waals surface area contributed by atoms with E-state index in [9.17, 15) is 4.79 Å². The zero-order chi connectivity index (χ0) is 14.5. The smallest absolute Gasteiger partial charge is 0.251 e. The van der Waals surface area contributed by atoms with Crippen LogP contribution in [0.25, 0.3) is 0 Å². The molecule has 5 heteroatoms. The summed E-state index contributed by atoms with van der Waals surface area (Å²) in [5, 5.41) is 3.00. The van der Waals surface area contributed by atoms with Gasteiger partial charge in [0.25, 0.3) is 5.91 Å². The highest BCUT2D eigenvalue weighted by Crippen LogP contribution is 2.22. The van der Waals surface area contributed by atoms with Crippen molar-refractivity contribution in [3.8, 4) is 5.75 Å². The molecule has 1 amide bonds. The van der Waals surface area contributed by atoms with Crippen molar-refractivity contribution in [3.05, 3.63) is 23.8 Å².